The molecule has 1 aromatic carbocycles. The van der Waals surface area contributed by atoms with E-state index in [0.29, 0.717) is 6.07 Å². The Balaban J connectivity index is 2.88. The monoisotopic (exact) mass is 263 g/mol. The number of nitrogens with zero attached hydrogens (tertiary/aromatic N) is 1. The highest BCUT2D eigenvalue weighted by Gasteiger charge is 2.20. The van der Waals surface area contributed by atoms with E-state index in [2.05, 4.69) is 4.98 Å². The standard InChI is InChI=1S/C10H6F5N3/c11-3-1-4-7(9(13)8(3)12)5(18-16)2-6(17-4)10(14)15/h1-2,10H,16H2,(H,17,18). The predicted octanol–water partition coefficient (Wildman–Crippen LogP) is 2.88. The first kappa shape index (κ1) is 12.5. The molecule has 1 aromatic heterocycles. The molecule has 0 aliphatic carbocycles. The lowest BCUT2D eigenvalue weighted by Gasteiger charge is -2.10. The number of fused-ring (bicyclic) bond motifs is 1. The van der Waals surface area contributed by atoms with Crippen molar-refractivity contribution in [2.75, 3.05) is 5.43 Å². The van der Waals surface area contributed by atoms with E-state index >= 15 is 0 Å². The number of halogens is 5. The van der Waals surface area contributed by atoms with Gasteiger partial charge in [0.05, 0.1) is 16.6 Å². The number of hydrogen-bond donors (Lipinski definition) is 2. The summed E-state index contributed by atoms with van der Waals surface area (Å²) in [6.07, 6.45) is -2.95. The van der Waals surface area contributed by atoms with Gasteiger partial charge >= 0.3 is 0 Å². The summed E-state index contributed by atoms with van der Waals surface area (Å²) in [5.74, 6) is 0.271. The Labute approximate surface area is 97.4 Å². The third-order valence-corrected chi connectivity index (χ3v) is 2.33. The first-order chi connectivity index (χ1) is 8.45. The van der Waals surface area contributed by atoms with Crippen molar-refractivity contribution in [2.45, 2.75) is 6.43 Å². The van der Waals surface area contributed by atoms with Gasteiger partial charge in [0, 0.05) is 6.07 Å². The number of rotatable bonds is 2. The number of nitrogen functional groups attached to an aromatic ring is 1. The molecule has 0 amide bonds. The zero-order chi connectivity index (χ0) is 13.4. The molecular formula is C10H6F5N3. The first-order valence-corrected chi connectivity index (χ1v) is 4.68. The van der Waals surface area contributed by atoms with Crippen LogP contribution in [0.2, 0.25) is 0 Å². The molecule has 0 spiro atoms. The fourth-order valence-electron chi connectivity index (χ4n) is 1.54. The lowest BCUT2D eigenvalue weighted by Crippen LogP contribution is -2.10. The Morgan fingerprint density at radius 3 is 2.33 bits per heavy atom. The maximum atomic E-state index is 13.5. The van der Waals surface area contributed by atoms with Crippen LogP contribution in [-0.4, -0.2) is 4.98 Å². The van der Waals surface area contributed by atoms with Crippen LogP contribution in [-0.2, 0) is 0 Å². The van der Waals surface area contributed by atoms with Crippen molar-refractivity contribution < 1.29 is 22.0 Å². The summed E-state index contributed by atoms with van der Waals surface area (Å²) in [7, 11) is 0. The van der Waals surface area contributed by atoms with Crippen LogP contribution in [0, 0.1) is 17.5 Å². The summed E-state index contributed by atoms with van der Waals surface area (Å²) >= 11 is 0. The van der Waals surface area contributed by atoms with Crippen molar-refractivity contribution in [2.24, 2.45) is 5.84 Å². The molecule has 0 saturated carbocycles. The third kappa shape index (κ3) is 1.84. The van der Waals surface area contributed by atoms with Crippen LogP contribution in [0.1, 0.15) is 12.1 Å². The summed E-state index contributed by atoms with van der Waals surface area (Å²) < 4.78 is 64.5. The van der Waals surface area contributed by atoms with Gasteiger partial charge in [-0.15, -0.1) is 0 Å². The smallest absolute Gasteiger partial charge is 0.280 e. The lowest BCUT2D eigenvalue weighted by atomic mass is 10.1. The summed E-state index contributed by atoms with van der Waals surface area (Å²) in [5, 5.41) is -0.485. The van der Waals surface area contributed by atoms with Gasteiger partial charge in [0.15, 0.2) is 17.5 Å². The number of pyridine rings is 1. The maximum Gasteiger partial charge on any atom is 0.280 e. The van der Waals surface area contributed by atoms with Crippen molar-refractivity contribution in [3.05, 3.63) is 35.3 Å². The number of alkyl halides is 2. The lowest BCUT2D eigenvalue weighted by molar-refractivity contribution is 0.146. The highest BCUT2D eigenvalue weighted by atomic mass is 19.3. The number of nitrogens with two attached hydrogens (primary N) is 1. The molecule has 0 radical (unpaired) electrons. The SMILES string of the molecule is NNc1cc(C(F)F)nc2cc(F)c(F)c(F)c12. The van der Waals surface area contributed by atoms with E-state index in [1.54, 1.807) is 0 Å². The van der Waals surface area contributed by atoms with Gasteiger partial charge < -0.3 is 5.43 Å². The van der Waals surface area contributed by atoms with E-state index in [1.807, 2.05) is 5.43 Å². The van der Waals surface area contributed by atoms with E-state index in [9.17, 15) is 22.0 Å². The van der Waals surface area contributed by atoms with E-state index in [4.69, 9.17) is 5.84 Å². The summed E-state index contributed by atoms with van der Waals surface area (Å²) in [6.45, 7) is 0. The van der Waals surface area contributed by atoms with E-state index < -0.39 is 40.5 Å². The van der Waals surface area contributed by atoms with Crippen LogP contribution in [0.15, 0.2) is 12.1 Å². The number of anilines is 1. The fourth-order valence-corrected chi connectivity index (χ4v) is 1.54. The van der Waals surface area contributed by atoms with Crippen LogP contribution in [0.3, 0.4) is 0 Å². The quantitative estimate of drug-likeness (QED) is 0.379. The second-order valence-electron chi connectivity index (χ2n) is 3.42. The van der Waals surface area contributed by atoms with Crippen molar-refractivity contribution in [3.63, 3.8) is 0 Å². The molecule has 0 bridgehead atoms. The maximum absolute atomic E-state index is 13.5. The Morgan fingerprint density at radius 1 is 1.11 bits per heavy atom. The topological polar surface area (TPSA) is 50.9 Å². The fraction of sp³-hybridized carbons (Fsp3) is 0.100. The first-order valence-electron chi connectivity index (χ1n) is 4.68. The molecule has 0 unspecified atom stereocenters. The highest BCUT2D eigenvalue weighted by molar-refractivity contribution is 5.92. The average molecular weight is 263 g/mol. The minimum atomic E-state index is -2.95. The van der Waals surface area contributed by atoms with E-state index in [-0.39, 0.29) is 5.69 Å². The summed E-state index contributed by atoms with van der Waals surface area (Å²) in [6, 6.07) is 1.30. The van der Waals surface area contributed by atoms with Gasteiger partial charge in [0.2, 0.25) is 0 Å². The molecule has 1 heterocycles. The molecule has 96 valence electrons. The van der Waals surface area contributed by atoms with E-state index in [0.717, 1.165) is 6.07 Å². The summed E-state index contributed by atoms with van der Waals surface area (Å²) in [5.41, 5.74) is 0.482. The molecule has 2 aromatic rings. The normalized spacial score (nSPS) is 11.3. The van der Waals surface area contributed by atoms with Crippen LogP contribution < -0.4 is 11.3 Å². The highest BCUT2D eigenvalue weighted by Crippen LogP contribution is 2.31. The van der Waals surface area contributed by atoms with E-state index in [1.165, 1.54) is 0 Å². The van der Waals surface area contributed by atoms with Crippen LogP contribution in [0.25, 0.3) is 10.9 Å². The molecule has 0 atom stereocenters. The molecular weight excluding hydrogens is 257 g/mol. The Kier molecular flexibility index (Phi) is 3.04. The number of hydrazine groups is 1. The van der Waals surface area contributed by atoms with Gasteiger partial charge in [0.1, 0.15) is 5.69 Å². The van der Waals surface area contributed by atoms with Gasteiger partial charge in [-0.2, -0.15) is 0 Å². The Hall–Kier alpha value is -1.96. The molecule has 0 aliphatic rings. The molecule has 3 N–H and O–H groups in total. The number of benzene rings is 1. The van der Waals surface area contributed by atoms with Gasteiger partial charge in [-0.25, -0.2) is 26.9 Å². The van der Waals surface area contributed by atoms with Crippen molar-refractivity contribution in [1.29, 1.82) is 0 Å². The minimum Gasteiger partial charge on any atom is -0.323 e. The predicted molar refractivity (Wildman–Crippen MR) is 54.4 cm³/mol. The second kappa shape index (κ2) is 4.37. The van der Waals surface area contributed by atoms with Crippen molar-refractivity contribution in [1.82, 2.24) is 4.98 Å². The number of hydrogen-bond acceptors (Lipinski definition) is 3. The Morgan fingerprint density at radius 2 is 1.78 bits per heavy atom. The zero-order valence-corrected chi connectivity index (χ0v) is 8.65. The van der Waals surface area contributed by atoms with Gasteiger partial charge in [-0.05, 0) is 6.07 Å². The molecule has 2 rings (SSSR count). The Bertz CT molecular complexity index is 614. The minimum absolute atomic E-state index is 0.299. The van der Waals surface area contributed by atoms with Crippen LogP contribution in [0.4, 0.5) is 27.6 Å². The molecule has 0 saturated heterocycles. The van der Waals surface area contributed by atoms with Crippen LogP contribution >= 0.6 is 0 Å². The molecule has 18 heavy (non-hydrogen) atoms. The molecule has 3 nitrogen and oxygen atoms in total. The van der Waals surface area contributed by atoms with Gasteiger partial charge in [0.25, 0.3) is 6.43 Å². The average Bonchev–Trinajstić information content (AvgIpc) is 2.34. The van der Waals surface area contributed by atoms with Crippen molar-refractivity contribution >= 4 is 16.6 Å². The zero-order valence-electron chi connectivity index (χ0n) is 8.65. The number of aromatic nitrogens is 1. The second-order valence-corrected chi connectivity index (χ2v) is 3.42. The van der Waals surface area contributed by atoms with Gasteiger partial charge in [-0.3, -0.25) is 5.84 Å². The number of nitrogens with one attached hydrogen (secondary N) is 1. The summed E-state index contributed by atoms with van der Waals surface area (Å²) in [4.78, 5) is 3.35. The van der Waals surface area contributed by atoms with Crippen molar-refractivity contribution in [3.8, 4) is 0 Å². The molecule has 0 aliphatic heterocycles. The molecule has 8 heteroatoms. The molecule has 0 fully saturated rings. The van der Waals surface area contributed by atoms with Crippen LogP contribution in [0.5, 0.6) is 0 Å². The third-order valence-electron chi connectivity index (χ3n) is 2.33. The largest absolute Gasteiger partial charge is 0.323 e. The van der Waals surface area contributed by atoms with Gasteiger partial charge in [-0.1, -0.05) is 0 Å².